The van der Waals surface area contributed by atoms with Gasteiger partial charge in [0.15, 0.2) is 0 Å². The predicted molar refractivity (Wildman–Crippen MR) is 83.2 cm³/mol. The maximum atomic E-state index is 9.20. The largest absolute Gasteiger partial charge is 0.369 e. The monoisotopic (exact) mass is 293 g/mol. The van der Waals surface area contributed by atoms with E-state index in [0.717, 1.165) is 24.2 Å². The second-order valence-corrected chi connectivity index (χ2v) is 5.60. The van der Waals surface area contributed by atoms with Crippen LogP contribution in [0.25, 0.3) is 21.5 Å². The van der Waals surface area contributed by atoms with Crippen molar-refractivity contribution in [2.24, 2.45) is 11.0 Å². The van der Waals surface area contributed by atoms with Gasteiger partial charge >= 0.3 is 0 Å². The number of piperidine rings is 1. The third-order valence-electron chi connectivity index (χ3n) is 3.92. The molecule has 0 amide bonds. The molecule has 1 saturated heterocycles. The van der Waals surface area contributed by atoms with Crippen molar-refractivity contribution in [3.63, 3.8) is 0 Å². The van der Waals surface area contributed by atoms with Gasteiger partial charge < -0.3 is 4.90 Å². The van der Waals surface area contributed by atoms with Crippen LogP contribution in [-0.2, 0) is 0 Å². The summed E-state index contributed by atoms with van der Waals surface area (Å²) in [6.07, 6.45) is 4.11. The highest BCUT2D eigenvalue weighted by molar-refractivity contribution is 5.92. The van der Waals surface area contributed by atoms with E-state index in [-0.39, 0.29) is 6.04 Å². The molecule has 1 aliphatic heterocycles. The summed E-state index contributed by atoms with van der Waals surface area (Å²) in [6, 6.07) is 5.78. The lowest BCUT2D eigenvalue weighted by Gasteiger charge is -2.36. The van der Waals surface area contributed by atoms with Crippen molar-refractivity contribution < 1.29 is 0 Å². The molecule has 3 rings (SSSR count). The molecule has 0 unspecified atom stereocenters. The van der Waals surface area contributed by atoms with Crippen molar-refractivity contribution >= 4 is 16.7 Å². The third-order valence-corrected chi connectivity index (χ3v) is 3.92. The molecule has 7 heteroatoms. The zero-order chi connectivity index (χ0) is 15.5. The van der Waals surface area contributed by atoms with Gasteiger partial charge in [-0.25, -0.2) is 0 Å². The van der Waals surface area contributed by atoms with Gasteiger partial charge in [0, 0.05) is 30.4 Å². The molecular weight excluding hydrogens is 278 g/mol. The Hall–Kier alpha value is -2.84. The summed E-state index contributed by atoms with van der Waals surface area (Å²) in [5.74, 6) is 0.423. The van der Waals surface area contributed by atoms with Crippen molar-refractivity contribution in [2.75, 3.05) is 18.0 Å². The summed E-state index contributed by atoms with van der Waals surface area (Å²) in [5.41, 5.74) is 11.5. The molecule has 7 nitrogen and oxygen atoms in total. The van der Waals surface area contributed by atoms with Crippen LogP contribution in [0.1, 0.15) is 18.9 Å². The van der Waals surface area contributed by atoms with Crippen LogP contribution in [0.4, 0.5) is 5.69 Å². The maximum Gasteiger partial charge on any atom is 0.113 e. The molecule has 1 aliphatic rings. The van der Waals surface area contributed by atoms with Crippen molar-refractivity contribution in [2.45, 2.75) is 19.4 Å². The number of fused-ring (bicyclic) bond motifs is 1. The number of hydrogen-bond donors (Lipinski definition) is 0. The van der Waals surface area contributed by atoms with E-state index in [4.69, 9.17) is 5.53 Å². The highest BCUT2D eigenvalue weighted by atomic mass is 15.2. The molecule has 1 aromatic carbocycles. The number of hydrogen-bond acceptors (Lipinski definition) is 5. The number of azide groups is 1. The number of anilines is 1. The number of aromatic nitrogens is 2. The fraction of sp³-hybridized carbons (Fsp3) is 0.400. The highest BCUT2D eigenvalue weighted by Crippen LogP contribution is 2.30. The average Bonchev–Trinajstić information content (AvgIpc) is 2.53. The smallest absolute Gasteiger partial charge is 0.113 e. The predicted octanol–water partition coefficient (Wildman–Crippen LogP) is 3.03. The third kappa shape index (κ3) is 2.52. The van der Waals surface area contributed by atoms with E-state index >= 15 is 0 Å². The van der Waals surface area contributed by atoms with Gasteiger partial charge in [-0.1, -0.05) is 12.0 Å². The lowest BCUT2D eigenvalue weighted by Crippen LogP contribution is -2.41. The molecule has 0 aliphatic carbocycles. The lowest BCUT2D eigenvalue weighted by molar-refractivity contribution is 0.401. The summed E-state index contributed by atoms with van der Waals surface area (Å²) in [4.78, 5) is 13.8. The van der Waals surface area contributed by atoms with Gasteiger partial charge in [0.1, 0.15) is 17.1 Å². The fourth-order valence-corrected chi connectivity index (χ4v) is 3.06. The average molecular weight is 293 g/mol. The minimum atomic E-state index is -0.0453. The molecule has 2 heterocycles. The van der Waals surface area contributed by atoms with Crippen LogP contribution in [0.5, 0.6) is 0 Å². The van der Waals surface area contributed by atoms with Crippen LogP contribution in [0.3, 0.4) is 0 Å². The molecule has 2 atom stereocenters. The van der Waals surface area contributed by atoms with Crippen molar-refractivity contribution in [1.82, 2.24) is 9.97 Å². The first-order chi connectivity index (χ1) is 10.7. The van der Waals surface area contributed by atoms with Crippen LogP contribution < -0.4 is 4.90 Å². The Morgan fingerprint density at radius 3 is 2.82 bits per heavy atom. The van der Waals surface area contributed by atoms with Crippen LogP contribution >= 0.6 is 0 Å². The van der Waals surface area contributed by atoms with E-state index in [0.29, 0.717) is 23.5 Å². The Labute approximate surface area is 127 Å². The minimum absolute atomic E-state index is 0.0453. The number of nitrogens with zero attached hydrogens (tertiary/aromatic N) is 7. The van der Waals surface area contributed by atoms with E-state index in [1.807, 2.05) is 6.07 Å². The number of rotatable bonds is 2. The summed E-state index contributed by atoms with van der Waals surface area (Å²) in [5, 5.41) is 13.1. The summed E-state index contributed by atoms with van der Waals surface area (Å²) >= 11 is 0. The first-order valence-electron chi connectivity index (χ1n) is 7.16. The first kappa shape index (κ1) is 14.1. The first-order valence-corrected chi connectivity index (χ1v) is 7.16. The Bertz CT molecular complexity index is 788. The van der Waals surface area contributed by atoms with Gasteiger partial charge in [-0.15, -0.1) is 0 Å². The zero-order valence-electron chi connectivity index (χ0n) is 12.2. The van der Waals surface area contributed by atoms with Gasteiger partial charge in [0.05, 0.1) is 17.3 Å². The molecule has 22 heavy (non-hydrogen) atoms. The molecule has 0 radical (unpaired) electrons. The minimum Gasteiger partial charge on any atom is -0.369 e. The quantitative estimate of drug-likeness (QED) is 0.482. The highest BCUT2D eigenvalue weighted by Gasteiger charge is 2.26. The second-order valence-electron chi connectivity index (χ2n) is 5.60. The van der Waals surface area contributed by atoms with Gasteiger partial charge in [-0.3, -0.25) is 9.97 Å². The Morgan fingerprint density at radius 1 is 1.32 bits per heavy atom. The Kier molecular flexibility index (Phi) is 3.77. The summed E-state index contributed by atoms with van der Waals surface area (Å²) in [6.45, 7) is 3.67. The van der Waals surface area contributed by atoms with Gasteiger partial charge in [0.2, 0.25) is 0 Å². The normalized spacial score (nSPS) is 21.2. The Morgan fingerprint density at radius 2 is 2.09 bits per heavy atom. The molecule has 0 N–H and O–H groups in total. The van der Waals surface area contributed by atoms with E-state index in [1.54, 1.807) is 18.5 Å². The standard InChI is InChI=1S/C15H15N7/c1-10-6-12(20-21-17)9-22(8-10)13-3-2-11(7-16)14-15(13)19-5-4-18-14/h2-5,10,12H,6,8-9H2,1H3/t10-,12+/m0/s1. The van der Waals surface area contributed by atoms with Crippen LogP contribution in [-0.4, -0.2) is 29.1 Å². The zero-order valence-corrected chi connectivity index (χ0v) is 12.2. The summed E-state index contributed by atoms with van der Waals surface area (Å²) < 4.78 is 0. The number of nitriles is 1. The fourth-order valence-electron chi connectivity index (χ4n) is 3.06. The molecule has 2 aromatic rings. The second kappa shape index (κ2) is 5.88. The van der Waals surface area contributed by atoms with E-state index in [2.05, 4.69) is 37.9 Å². The lowest BCUT2D eigenvalue weighted by atomic mass is 9.95. The van der Waals surface area contributed by atoms with Gasteiger partial charge in [-0.2, -0.15) is 5.26 Å². The molecule has 0 spiro atoms. The van der Waals surface area contributed by atoms with Crippen LogP contribution in [0, 0.1) is 17.2 Å². The van der Waals surface area contributed by atoms with Crippen molar-refractivity contribution in [3.05, 3.63) is 40.5 Å². The van der Waals surface area contributed by atoms with Gasteiger partial charge in [-0.05, 0) is 30.0 Å². The van der Waals surface area contributed by atoms with Crippen LogP contribution in [0.15, 0.2) is 29.6 Å². The van der Waals surface area contributed by atoms with Crippen molar-refractivity contribution in [1.29, 1.82) is 5.26 Å². The van der Waals surface area contributed by atoms with E-state index in [1.165, 1.54) is 0 Å². The molecular formula is C15H15N7. The maximum absolute atomic E-state index is 9.20. The molecule has 110 valence electrons. The number of benzene rings is 1. The summed E-state index contributed by atoms with van der Waals surface area (Å²) in [7, 11) is 0. The Balaban J connectivity index is 2.06. The molecule has 0 bridgehead atoms. The molecule has 0 saturated carbocycles. The molecule has 1 fully saturated rings. The topological polar surface area (TPSA) is 102 Å². The van der Waals surface area contributed by atoms with Crippen molar-refractivity contribution in [3.8, 4) is 6.07 Å². The van der Waals surface area contributed by atoms with E-state index in [9.17, 15) is 5.26 Å². The van der Waals surface area contributed by atoms with Crippen LogP contribution in [0.2, 0.25) is 0 Å². The SMILES string of the molecule is C[C@H]1C[C@@H](N=[N+]=[N-])CN(c2ccc(C#N)c3nccnc23)C1. The van der Waals surface area contributed by atoms with Gasteiger partial charge in [0.25, 0.3) is 0 Å². The molecule has 1 aromatic heterocycles. The van der Waals surface area contributed by atoms with E-state index < -0.39 is 0 Å².